The van der Waals surface area contributed by atoms with Crippen LogP contribution in [0.15, 0.2) is 36.4 Å². The lowest BCUT2D eigenvalue weighted by atomic mass is 10.1. The number of halogens is 1. The molecule has 0 aliphatic heterocycles. The third kappa shape index (κ3) is 2.79. The van der Waals surface area contributed by atoms with E-state index in [2.05, 4.69) is 5.32 Å². The van der Waals surface area contributed by atoms with Gasteiger partial charge in [-0.15, -0.1) is 0 Å². The Hall–Kier alpha value is -2.07. The number of nitrogens with one attached hydrogen (secondary N) is 1. The molecule has 2 aromatic carbocycles. The molecule has 116 valence electrons. The Bertz CT molecular complexity index is 672. The number of rotatable bonds is 5. The molecule has 0 saturated carbocycles. The van der Waals surface area contributed by atoms with Crippen molar-refractivity contribution in [2.75, 3.05) is 14.2 Å². The predicted octanol–water partition coefficient (Wildman–Crippen LogP) is 3.62. The SMILES string of the molecule is COc1cccc(CN[C@H]2CCc3cc(F)ccc32)c1OC. The zero-order valence-corrected chi connectivity index (χ0v) is 12.9. The van der Waals surface area contributed by atoms with E-state index in [-0.39, 0.29) is 11.9 Å². The molecule has 1 atom stereocenters. The first-order valence-electron chi connectivity index (χ1n) is 7.44. The second-order valence-electron chi connectivity index (χ2n) is 5.47. The molecule has 0 radical (unpaired) electrons. The van der Waals surface area contributed by atoms with Gasteiger partial charge in [0.15, 0.2) is 11.5 Å². The van der Waals surface area contributed by atoms with Gasteiger partial charge in [-0.25, -0.2) is 4.39 Å². The number of fused-ring (bicyclic) bond motifs is 1. The molecule has 2 aromatic rings. The van der Waals surface area contributed by atoms with Crippen LogP contribution in [-0.4, -0.2) is 14.2 Å². The number of hydrogen-bond acceptors (Lipinski definition) is 3. The first-order valence-corrected chi connectivity index (χ1v) is 7.44. The predicted molar refractivity (Wildman–Crippen MR) is 83.8 cm³/mol. The van der Waals surface area contributed by atoms with E-state index in [1.54, 1.807) is 20.3 Å². The highest BCUT2D eigenvalue weighted by Gasteiger charge is 2.22. The summed E-state index contributed by atoms with van der Waals surface area (Å²) >= 11 is 0. The monoisotopic (exact) mass is 301 g/mol. The maximum atomic E-state index is 13.3. The van der Waals surface area contributed by atoms with E-state index < -0.39 is 0 Å². The number of para-hydroxylation sites is 1. The summed E-state index contributed by atoms with van der Waals surface area (Å²) in [5, 5.41) is 3.54. The van der Waals surface area contributed by atoms with Gasteiger partial charge in [-0.1, -0.05) is 18.2 Å². The number of ether oxygens (including phenoxy) is 2. The van der Waals surface area contributed by atoms with Gasteiger partial charge in [0.1, 0.15) is 5.82 Å². The molecule has 1 aliphatic carbocycles. The summed E-state index contributed by atoms with van der Waals surface area (Å²) in [4.78, 5) is 0. The summed E-state index contributed by atoms with van der Waals surface area (Å²) < 4.78 is 24.0. The normalized spacial score (nSPS) is 16.4. The van der Waals surface area contributed by atoms with Crippen LogP contribution in [0.1, 0.15) is 29.2 Å². The molecular weight excluding hydrogens is 281 g/mol. The quantitative estimate of drug-likeness (QED) is 0.915. The fourth-order valence-electron chi connectivity index (χ4n) is 3.12. The lowest BCUT2D eigenvalue weighted by Crippen LogP contribution is -2.19. The van der Waals surface area contributed by atoms with Crippen LogP contribution in [0.4, 0.5) is 4.39 Å². The van der Waals surface area contributed by atoms with E-state index in [0.717, 1.165) is 35.5 Å². The molecule has 0 amide bonds. The van der Waals surface area contributed by atoms with Gasteiger partial charge in [-0.2, -0.15) is 0 Å². The molecule has 0 saturated heterocycles. The van der Waals surface area contributed by atoms with Crippen LogP contribution in [0.5, 0.6) is 11.5 Å². The van der Waals surface area contributed by atoms with Crippen molar-refractivity contribution in [2.45, 2.75) is 25.4 Å². The molecule has 0 bridgehead atoms. The second-order valence-corrected chi connectivity index (χ2v) is 5.47. The van der Waals surface area contributed by atoms with E-state index in [4.69, 9.17) is 9.47 Å². The van der Waals surface area contributed by atoms with E-state index in [0.29, 0.717) is 6.54 Å². The second kappa shape index (κ2) is 6.36. The number of aryl methyl sites for hydroxylation is 1. The highest BCUT2D eigenvalue weighted by Crippen LogP contribution is 2.34. The van der Waals surface area contributed by atoms with Crippen LogP contribution >= 0.6 is 0 Å². The van der Waals surface area contributed by atoms with Crippen LogP contribution in [0.3, 0.4) is 0 Å². The van der Waals surface area contributed by atoms with Gasteiger partial charge in [0.05, 0.1) is 14.2 Å². The summed E-state index contributed by atoms with van der Waals surface area (Å²) in [5.41, 5.74) is 3.36. The molecule has 3 nitrogen and oxygen atoms in total. The molecule has 4 heteroatoms. The highest BCUT2D eigenvalue weighted by atomic mass is 19.1. The molecule has 22 heavy (non-hydrogen) atoms. The Balaban J connectivity index is 1.75. The fraction of sp³-hybridized carbons (Fsp3) is 0.333. The lowest BCUT2D eigenvalue weighted by molar-refractivity contribution is 0.349. The molecule has 0 spiro atoms. The van der Waals surface area contributed by atoms with Crippen molar-refractivity contribution in [1.82, 2.24) is 5.32 Å². The van der Waals surface area contributed by atoms with Crippen molar-refractivity contribution in [3.63, 3.8) is 0 Å². The zero-order chi connectivity index (χ0) is 15.5. The van der Waals surface area contributed by atoms with Gasteiger partial charge in [0, 0.05) is 18.2 Å². The van der Waals surface area contributed by atoms with Crippen molar-refractivity contribution in [2.24, 2.45) is 0 Å². The highest BCUT2D eigenvalue weighted by molar-refractivity contribution is 5.46. The minimum Gasteiger partial charge on any atom is -0.493 e. The minimum absolute atomic E-state index is 0.158. The van der Waals surface area contributed by atoms with Gasteiger partial charge in [-0.05, 0) is 42.2 Å². The van der Waals surface area contributed by atoms with Crippen LogP contribution in [-0.2, 0) is 13.0 Å². The average Bonchev–Trinajstić information content (AvgIpc) is 2.94. The molecule has 0 aromatic heterocycles. The van der Waals surface area contributed by atoms with Crippen LogP contribution < -0.4 is 14.8 Å². The standard InChI is InChI=1S/C18H20FNO2/c1-21-17-5-3-4-13(18(17)22-2)11-20-16-9-6-12-10-14(19)7-8-15(12)16/h3-5,7-8,10,16,20H,6,9,11H2,1-2H3/t16-/m0/s1. The topological polar surface area (TPSA) is 30.5 Å². The van der Waals surface area contributed by atoms with Gasteiger partial charge >= 0.3 is 0 Å². The van der Waals surface area contributed by atoms with Crippen molar-refractivity contribution in [3.8, 4) is 11.5 Å². The van der Waals surface area contributed by atoms with Crippen molar-refractivity contribution >= 4 is 0 Å². The summed E-state index contributed by atoms with van der Waals surface area (Å²) in [6, 6.07) is 11.2. The first-order chi connectivity index (χ1) is 10.7. The molecular formula is C18H20FNO2. The maximum absolute atomic E-state index is 13.3. The summed E-state index contributed by atoms with van der Waals surface area (Å²) in [6.45, 7) is 0.682. The summed E-state index contributed by atoms with van der Waals surface area (Å²) in [6.07, 6.45) is 1.91. The molecule has 0 heterocycles. The Morgan fingerprint density at radius 1 is 1.18 bits per heavy atom. The van der Waals surface area contributed by atoms with E-state index >= 15 is 0 Å². The fourth-order valence-corrected chi connectivity index (χ4v) is 3.12. The van der Waals surface area contributed by atoms with Crippen LogP contribution in [0, 0.1) is 5.82 Å². The lowest BCUT2D eigenvalue weighted by Gasteiger charge is -2.17. The number of benzene rings is 2. The number of methoxy groups -OCH3 is 2. The number of hydrogen-bond donors (Lipinski definition) is 1. The Morgan fingerprint density at radius 2 is 2.05 bits per heavy atom. The van der Waals surface area contributed by atoms with Gasteiger partial charge < -0.3 is 14.8 Å². The van der Waals surface area contributed by atoms with Gasteiger partial charge in [-0.3, -0.25) is 0 Å². The maximum Gasteiger partial charge on any atom is 0.165 e. The van der Waals surface area contributed by atoms with Crippen molar-refractivity contribution in [1.29, 1.82) is 0 Å². The van der Waals surface area contributed by atoms with E-state index in [1.807, 2.05) is 24.3 Å². The van der Waals surface area contributed by atoms with Crippen LogP contribution in [0.2, 0.25) is 0 Å². The molecule has 1 N–H and O–H groups in total. The smallest absolute Gasteiger partial charge is 0.165 e. The summed E-state index contributed by atoms with van der Waals surface area (Å²) in [5.74, 6) is 1.33. The molecule has 0 fully saturated rings. The first kappa shape index (κ1) is 14.9. The van der Waals surface area contributed by atoms with E-state index in [1.165, 1.54) is 11.6 Å². The van der Waals surface area contributed by atoms with Gasteiger partial charge in [0.2, 0.25) is 0 Å². The Labute approximate surface area is 130 Å². The largest absolute Gasteiger partial charge is 0.493 e. The average molecular weight is 301 g/mol. The Morgan fingerprint density at radius 3 is 2.82 bits per heavy atom. The zero-order valence-electron chi connectivity index (χ0n) is 12.9. The van der Waals surface area contributed by atoms with E-state index in [9.17, 15) is 4.39 Å². The third-order valence-electron chi connectivity index (χ3n) is 4.21. The molecule has 0 unspecified atom stereocenters. The minimum atomic E-state index is -0.158. The van der Waals surface area contributed by atoms with Crippen molar-refractivity contribution in [3.05, 3.63) is 58.9 Å². The Kier molecular flexibility index (Phi) is 4.29. The van der Waals surface area contributed by atoms with Crippen LogP contribution in [0.25, 0.3) is 0 Å². The van der Waals surface area contributed by atoms with Gasteiger partial charge in [0.25, 0.3) is 0 Å². The van der Waals surface area contributed by atoms with Crippen molar-refractivity contribution < 1.29 is 13.9 Å². The third-order valence-corrected chi connectivity index (χ3v) is 4.21. The molecule has 1 aliphatic rings. The molecule has 3 rings (SSSR count). The summed E-state index contributed by atoms with van der Waals surface area (Å²) in [7, 11) is 3.28.